The molecule has 1 unspecified atom stereocenters. The number of pyridine rings is 1. The van der Waals surface area contributed by atoms with Gasteiger partial charge in [-0.15, -0.1) is 0 Å². The molecule has 0 spiro atoms. The minimum Gasteiger partial charge on any atom is -0.466 e. The highest BCUT2D eigenvalue weighted by molar-refractivity contribution is 5.66. The van der Waals surface area contributed by atoms with Crippen LogP contribution in [0.1, 0.15) is 84.8 Å². The Kier molecular flexibility index (Phi) is 6.07. The van der Waals surface area contributed by atoms with Crippen molar-refractivity contribution in [1.82, 2.24) is 4.98 Å². The van der Waals surface area contributed by atoms with Crippen molar-refractivity contribution in [2.45, 2.75) is 90.8 Å². The molecule has 198 valence electrons. The zero-order valence-electron chi connectivity index (χ0n) is 22.2. The van der Waals surface area contributed by atoms with Gasteiger partial charge in [0.1, 0.15) is 11.7 Å². The van der Waals surface area contributed by atoms with E-state index in [9.17, 15) is 14.7 Å². The number of nitrogens with two attached hydrogens (primary N) is 1. The van der Waals surface area contributed by atoms with E-state index in [1.54, 1.807) is 6.20 Å². The van der Waals surface area contributed by atoms with Crippen molar-refractivity contribution in [2.24, 2.45) is 39.2 Å². The van der Waals surface area contributed by atoms with E-state index in [-0.39, 0.29) is 45.6 Å². The Labute approximate surface area is 214 Å². The van der Waals surface area contributed by atoms with E-state index in [1.807, 2.05) is 18.2 Å². The van der Waals surface area contributed by atoms with Crippen molar-refractivity contribution in [3.05, 3.63) is 30.1 Å². The van der Waals surface area contributed by atoms with Crippen LogP contribution < -0.4 is 5.73 Å². The summed E-state index contributed by atoms with van der Waals surface area (Å²) in [5.74, 6) is -0.150. The predicted octanol–water partition coefficient (Wildman–Crippen LogP) is 4.12. The molecule has 1 aromatic heterocycles. The van der Waals surface area contributed by atoms with Gasteiger partial charge in [0, 0.05) is 31.4 Å². The first kappa shape index (κ1) is 25.7. The molecule has 7 heteroatoms. The van der Waals surface area contributed by atoms with Gasteiger partial charge in [-0.05, 0) is 92.2 Å². The first-order valence-electron chi connectivity index (χ1n) is 13.6. The minimum atomic E-state index is -0.957. The molecule has 5 rings (SSSR count). The van der Waals surface area contributed by atoms with Gasteiger partial charge in [0.05, 0.1) is 12.3 Å². The lowest BCUT2D eigenvalue weighted by Crippen LogP contribution is -2.56. The average Bonchev–Trinajstić information content (AvgIpc) is 3.47. The third kappa shape index (κ3) is 3.34. The number of carbonyl (C=O) groups is 2. The maximum Gasteiger partial charge on any atom is 0.302 e. The van der Waals surface area contributed by atoms with E-state index in [2.05, 4.69) is 18.8 Å². The second-order valence-electron chi connectivity index (χ2n) is 12.6. The second-order valence-corrected chi connectivity index (χ2v) is 12.6. The fourth-order valence-corrected chi connectivity index (χ4v) is 9.57. The number of ether oxygens (including phenoxy) is 2. The summed E-state index contributed by atoms with van der Waals surface area (Å²) < 4.78 is 11.2. The van der Waals surface area contributed by atoms with Crippen LogP contribution in [0.15, 0.2) is 24.4 Å². The molecule has 4 saturated carbocycles. The Morgan fingerprint density at radius 2 is 1.86 bits per heavy atom. The number of nitrogens with zero attached hydrogens (tertiary/aromatic N) is 1. The average molecular weight is 499 g/mol. The molecular formula is C29H42N2O5. The molecule has 7 nitrogen and oxygen atoms in total. The van der Waals surface area contributed by atoms with E-state index in [4.69, 9.17) is 15.2 Å². The molecule has 1 aromatic rings. The number of fused-ring (bicyclic) bond motifs is 3. The number of esters is 2. The summed E-state index contributed by atoms with van der Waals surface area (Å²) >= 11 is 0. The smallest absolute Gasteiger partial charge is 0.302 e. The second kappa shape index (κ2) is 8.52. The highest BCUT2D eigenvalue weighted by Gasteiger charge is 2.83. The minimum absolute atomic E-state index is 0.0281. The fraction of sp³-hybridized carbons (Fsp3) is 0.759. The molecule has 0 bridgehead atoms. The lowest BCUT2D eigenvalue weighted by molar-refractivity contribution is -0.167. The topological polar surface area (TPSA) is 112 Å². The molecule has 4 aliphatic rings. The Hall–Kier alpha value is -1.99. The van der Waals surface area contributed by atoms with Crippen LogP contribution in [0.4, 0.5) is 0 Å². The third-order valence-electron chi connectivity index (χ3n) is 11.5. The standard InChI is InChI=1S/C29H42N2O5/c1-19(32)35-16-21-15-22(36-20(2)33)8-10-25(21,3)28-13-12-26(4)23(27(28,17-28)18-30)9-11-29(26,34)24-7-5-6-14-31-24/h5-7,14,21-23,34H,8-13,15-18,30H2,1-4H3/t21-,22+,23-,25+,26+,27?,28+,29-/m1/s1. The van der Waals surface area contributed by atoms with Gasteiger partial charge in [0.15, 0.2) is 0 Å². The summed E-state index contributed by atoms with van der Waals surface area (Å²) in [5, 5.41) is 12.1. The largest absolute Gasteiger partial charge is 0.466 e. The number of rotatable bonds is 6. The van der Waals surface area contributed by atoms with Gasteiger partial charge in [0.2, 0.25) is 0 Å². The van der Waals surface area contributed by atoms with E-state index in [1.165, 1.54) is 13.8 Å². The zero-order valence-corrected chi connectivity index (χ0v) is 22.2. The SMILES string of the molecule is CC(=O)OC[C@H]1C[C@@H](OC(C)=O)CC[C@]1(C)[C@@]12CC[C@@]3(C)[C@@H](CC[C@@]3(O)c3ccccn3)C1(CN)C2. The first-order valence-corrected chi connectivity index (χ1v) is 13.6. The van der Waals surface area contributed by atoms with Crippen LogP contribution in [0, 0.1) is 33.5 Å². The fourth-order valence-electron chi connectivity index (χ4n) is 9.57. The lowest BCUT2D eigenvalue weighted by Gasteiger charge is -2.57. The van der Waals surface area contributed by atoms with Crippen molar-refractivity contribution in [3.8, 4) is 0 Å². The van der Waals surface area contributed by atoms with Crippen molar-refractivity contribution >= 4 is 11.9 Å². The Morgan fingerprint density at radius 1 is 1.08 bits per heavy atom. The van der Waals surface area contributed by atoms with Crippen LogP contribution in [0.3, 0.4) is 0 Å². The van der Waals surface area contributed by atoms with E-state index in [0.29, 0.717) is 31.9 Å². The van der Waals surface area contributed by atoms with Gasteiger partial charge in [-0.25, -0.2) is 0 Å². The molecule has 0 saturated heterocycles. The van der Waals surface area contributed by atoms with Crippen LogP contribution in [-0.4, -0.2) is 41.3 Å². The van der Waals surface area contributed by atoms with Crippen molar-refractivity contribution in [3.63, 3.8) is 0 Å². The molecule has 4 fully saturated rings. The molecule has 0 radical (unpaired) electrons. The molecule has 4 aliphatic carbocycles. The van der Waals surface area contributed by atoms with Gasteiger partial charge < -0.3 is 20.3 Å². The van der Waals surface area contributed by atoms with Crippen LogP contribution in [-0.2, 0) is 24.7 Å². The van der Waals surface area contributed by atoms with E-state index < -0.39 is 5.60 Å². The molecule has 3 N–H and O–H groups in total. The molecule has 1 heterocycles. The van der Waals surface area contributed by atoms with Gasteiger partial charge >= 0.3 is 11.9 Å². The number of aromatic nitrogens is 1. The molecule has 0 aromatic carbocycles. The number of hydrogen-bond donors (Lipinski definition) is 2. The van der Waals surface area contributed by atoms with Crippen molar-refractivity contribution in [1.29, 1.82) is 0 Å². The number of aliphatic hydroxyl groups is 1. The van der Waals surface area contributed by atoms with Crippen LogP contribution in [0.5, 0.6) is 0 Å². The monoisotopic (exact) mass is 498 g/mol. The summed E-state index contributed by atoms with van der Waals surface area (Å²) in [4.78, 5) is 28.1. The van der Waals surface area contributed by atoms with Crippen LogP contribution >= 0.6 is 0 Å². The third-order valence-corrected chi connectivity index (χ3v) is 11.5. The molecular weight excluding hydrogens is 456 g/mol. The maximum absolute atomic E-state index is 12.1. The van der Waals surface area contributed by atoms with Crippen molar-refractivity contribution in [2.75, 3.05) is 13.2 Å². The predicted molar refractivity (Wildman–Crippen MR) is 134 cm³/mol. The summed E-state index contributed by atoms with van der Waals surface area (Å²) in [6.45, 7) is 8.46. The molecule has 0 amide bonds. The summed E-state index contributed by atoms with van der Waals surface area (Å²) in [6.07, 6.45) is 8.62. The Morgan fingerprint density at radius 3 is 2.50 bits per heavy atom. The number of hydrogen-bond acceptors (Lipinski definition) is 7. The summed E-state index contributed by atoms with van der Waals surface area (Å²) in [7, 11) is 0. The van der Waals surface area contributed by atoms with E-state index in [0.717, 1.165) is 44.2 Å². The number of carbonyl (C=O) groups excluding carboxylic acids is 2. The highest BCUT2D eigenvalue weighted by atomic mass is 16.5. The zero-order chi connectivity index (χ0) is 26.0. The molecule has 8 atom stereocenters. The Balaban J connectivity index is 1.49. The normalized spacial score (nSPS) is 45.3. The van der Waals surface area contributed by atoms with Crippen LogP contribution in [0.25, 0.3) is 0 Å². The summed E-state index contributed by atoms with van der Waals surface area (Å²) in [5.41, 5.74) is 6.08. The lowest BCUT2D eigenvalue weighted by atomic mass is 9.48. The quantitative estimate of drug-likeness (QED) is 0.568. The summed E-state index contributed by atoms with van der Waals surface area (Å²) in [6, 6.07) is 5.82. The molecule has 36 heavy (non-hydrogen) atoms. The first-order chi connectivity index (χ1) is 17.0. The van der Waals surface area contributed by atoms with E-state index >= 15 is 0 Å². The van der Waals surface area contributed by atoms with Gasteiger partial charge in [-0.3, -0.25) is 14.6 Å². The van der Waals surface area contributed by atoms with Gasteiger partial charge in [0.25, 0.3) is 0 Å². The van der Waals surface area contributed by atoms with Crippen LogP contribution in [0.2, 0.25) is 0 Å². The maximum atomic E-state index is 12.1. The van der Waals surface area contributed by atoms with Gasteiger partial charge in [-0.2, -0.15) is 0 Å². The van der Waals surface area contributed by atoms with Crippen molar-refractivity contribution < 1.29 is 24.2 Å². The highest BCUT2D eigenvalue weighted by Crippen LogP contribution is 2.87. The van der Waals surface area contributed by atoms with Gasteiger partial charge in [-0.1, -0.05) is 19.9 Å². The Bertz CT molecular complexity index is 1030. The molecule has 0 aliphatic heterocycles.